The first-order valence-corrected chi connectivity index (χ1v) is 11.7. The predicted molar refractivity (Wildman–Crippen MR) is 115 cm³/mol. The van der Waals surface area contributed by atoms with Crippen LogP contribution in [0.2, 0.25) is 0 Å². The monoisotopic (exact) mass is 485 g/mol. The van der Waals surface area contributed by atoms with Gasteiger partial charge in [-0.05, 0) is 56.1 Å². The lowest BCUT2D eigenvalue weighted by molar-refractivity contribution is -0.149. The zero-order valence-corrected chi connectivity index (χ0v) is 18.6. The van der Waals surface area contributed by atoms with E-state index < -0.39 is 0 Å². The van der Waals surface area contributed by atoms with Gasteiger partial charge in [0.05, 0.1) is 17.8 Å². The Bertz CT molecular complexity index is 933. The number of nitrogens with zero attached hydrogens (tertiary/aromatic N) is 1. The number of fused-ring (bicyclic) bond motifs is 5. The molecule has 7 heteroatoms. The van der Waals surface area contributed by atoms with Gasteiger partial charge in [-0.15, -0.1) is 0 Å². The fraction of sp³-hybridized carbons (Fsp3) is 0.500. The average molecular weight is 486 g/mol. The summed E-state index contributed by atoms with van der Waals surface area (Å²) >= 11 is 3.32. The summed E-state index contributed by atoms with van der Waals surface area (Å²) in [6, 6.07) is 6.79. The van der Waals surface area contributed by atoms with Crippen molar-refractivity contribution in [3.63, 3.8) is 0 Å². The van der Waals surface area contributed by atoms with Crippen molar-refractivity contribution in [2.24, 2.45) is 29.6 Å². The molecule has 3 aliphatic carbocycles. The van der Waals surface area contributed by atoms with E-state index in [4.69, 9.17) is 4.74 Å². The number of hydrogen-bond acceptors (Lipinski definition) is 5. The quantitative estimate of drug-likeness (QED) is 0.275. The maximum absolute atomic E-state index is 13.0. The molecule has 1 heterocycles. The zero-order chi connectivity index (χ0) is 21.7. The van der Waals surface area contributed by atoms with Crippen LogP contribution in [0.15, 0.2) is 40.9 Å². The number of hydrogen-bond donors (Lipinski definition) is 0. The lowest BCUT2D eigenvalue weighted by atomic mass is 9.85. The van der Waals surface area contributed by atoms with Crippen molar-refractivity contribution in [1.29, 1.82) is 0 Å². The molecule has 0 spiro atoms. The number of carbonyl (C=O) groups is 4. The Labute approximate surface area is 189 Å². The molecule has 1 saturated heterocycles. The van der Waals surface area contributed by atoms with Gasteiger partial charge >= 0.3 is 5.97 Å². The van der Waals surface area contributed by atoms with Crippen LogP contribution < -0.4 is 0 Å². The molecule has 2 amide bonds. The van der Waals surface area contributed by atoms with Crippen molar-refractivity contribution in [2.75, 3.05) is 6.61 Å². The molecule has 5 rings (SSSR count). The number of ether oxygens (including phenoxy) is 1. The summed E-state index contributed by atoms with van der Waals surface area (Å²) in [5.41, 5.74) is 0.500. The van der Waals surface area contributed by atoms with Crippen LogP contribution in [0, 0.1) is 29.6 Å². The van der Waals surface area contributed by atoms with Crippen LogP contribution in [0.5, 0.6) is 0 Å². The Morgan fingerprint density at radius 2 is 1.52 bits per heavy atom. The standard InChI is InChI=1S/C24H24BrNO5/c25-17-7-3-13(4-8-17)19(27)12-31-24(30)14-5-9-18(10-6-14)26-22(28)20-15-1-2-16(11-15)21(20)23(26)29/h1-4,7-8,14-16,18,20-21H,5-6,9-12H2/t14?,15-,16-,18?,20-,21+/m0/s1. The third-order valence-electron chi connectivity index (χ3n) is 7.41. The molecular formula is C24H24BrNO5. The number of rotatable bonds is 5. The second-order valence-corrected chi connectivity index (χ2v) is 10.0. The lowest BCUT2D eigenvalue weighted by Gasteiger charge is -2.33. The summed E-state index contributed by atoms with van der Waals surface area (Å²) in [6.45, 7) is -0.275. The number of esters is 1. The fourth-order valence-corrected chi connectivity index (χ4v) is 6.09. The molecule has 31 heavy (non-hydrogen) atoms. The molecule has 1 aromatic rings. The van der Waals surface area contributed by atoms with E-state index in [-0.39, 0.29) is 65.8 Å². The second-order valence-electron chi connectivity index (χ2n) is 9.09. The highest BCUT2D eigenvalue weighted by atomic mass is 79.9. The molecule has 1 aromatic carbocycles. The number of allylic oxidation sites excluding steroid dienone is 2. The van der Waals surface area contributed by atoms with Crippen molar-refractivity contribution in [3.8, 4) is 0 Å². The Balaban J connectivity index is 1.13. The Hall–Kier alpha value is -2.28. The van der Waals surface area contributed by atoms with E-state index in [0.29, 0.717) is 31.2 Å². The third-order valence-corrected chi connectivity index (χ3v) is 7.94. The molecule has 0 N–H and O–H groups in total. The van der Waals surface area contributed by atoms with Crippen LogP contribution in [0.1, 0.15) is 42.5 Å². The third kappa shape index (κ3) is 3.56. The van der Waals surface area contributed by atoms with Crippen LogP contribution >= 0.6 is 15.9 Å². The van der Waals surface area contributed by atoms with Gasteiger partial charge in [0.1, 0.15) is 0 Å². The van der Waals surface area contributed by atoms with Gasteiger partial charge < -0.3 is 4.74 Å². The molecule has 3 fully saturated rings. The van der Waals surface area contributed by atoms with Gasteiger partial charge in [-0.1, -0.05) is 40.2 Å². The molecule has 0 aromatic heterocycles. The summed E-state index contributed by atoms with van der Waals surface area (Å²) in [4.78, 5) is 52.1. The summed E-state index contributed by atoms with van der Waals surface area (Å²) in [6.07, 6.45) is 7.48. The van der Waals surface area contributed by atoms with Crippen LogP contribution in [-0.4, -0.2) is 41.1 Å². The van der Waals surface area contributed by atoms with Crippen molar-refractivity contribution < 1.29 is 23.9 Å². The van der Waals surface area contributed by atoms with Crippen molar-refractivity contribution in [3.05, 3.63) is 46.5 Å². The van der Waals surface area contributed by atoms with Gasteiger partial charge in [0.25, 0.3) is 0 Å². The van der Waals surface area contributed by atoms with E-state index in [1.54, 1.807) is 24.3 Å². The predicted octanol–water partition coefficient (Wildman–Crippen LogP) is 3.54. The van der Waals surface area contributed by atoms with Crippen LogP contribution in [-0.2, 0) is 19.1 Å². The topological polar surface area (TPSA) is 80.8 Å². The maximum atomic E-state index is 13.0. The van der Waals surface area contributed by atoms with Gasteiger partial charge in [0.15, 0.2) is 12.4 Å². The van der Waals surface area contributed by atoms with Crippen LogP contribution in [0.3, 0.4) is 0 Å². The van der Waals surface area contributed by atoms with E-state index in [0.717, 1.165) is 10.9 Å². The molecule has 6 nitrogen and oxygen atoms in total. The zero-order valence-electron chi connectivity index (χ0n) is 17.0. The molecule has 0 unspecified atom stereocenters. The number of imide groups is 1. The first-order chi connectivity index (χ1) is 14.9. The van der Waals surface area contributed by atoms with Crippen molar-refractivity contribution in [2.45, 2.75) is 38.1 Å². The number of ketones is 1. The molecule has 2 saturated carbocycles. The SMILES string of the molecule is O=C(COC(=O)C1CCC(N2C(=O)[C@@H]3[C@H](C2=O)[C@H]2C=C[C@H]3C2)CC1)c1ccc(Br)cc1. The van der Waals surface area contributed by atoms with Gasteiger partial charge in [0.2, 0.25) is 11.8 Å². The number of amides is 2. The van der Waals surface area contributed by atoms with Crippen LogP contribution in [0.25, 0.3) is 0 Å². The highest BCUT2D eigenvalue weighted by Crippen LogP contribution is 2.53. The van der Waals surface area contributed by atoms with E-state index in [2.05, 4.69) is 28.1 Å². The molecule has 4 atom stereocenters. The van der Waals surface area contributed by atoms with Gasteiger partial charge in [0, 0.05) is 16.1 Å². The summed E-state index contributed by atoms with van der Waals surface area (Å²) in [5.74, 6) is -0.851. The van der Waals surface area contributed by atoms with E-state index in [9.17, 15) is 19.2 Å². The largest absolute Gasteiger partial charge is 0.457 e. The Kier molecular flexibility index (Phi) is 5.32. The average Bonchev–Trinajstić information content (AvgIpc) is 3.46. The second kappa shape index (κ2) is 8.01. The number of halogens is 1. The highest BCUT2D eigenvalue weighted by molar-refractivity contribution is 9.10. The fourth-order valence-electron chi connectivity index (χ4n) is 5.83. The smallest absolute Gasteiger partial charge is 0.309 e. The van der Waals surface area contributed by atoms with E-state index in [1.165, 1.54) is 4.90 Å². The van der Waals surface area contributed by atoms with Crippen molar-refractivity contribution in [1.82, 2.24) is 4.90 Å². The lowest BCUT2D eigenvalue weighted by Crippen LogP contribution is -2.44. The highest BCUT2D eigenvalue weighted by Gasteiger charge is 2.60. The van der Waals surface area contributed by atoms with Crippen molar-refractivity contribution >= 4 is 39.5 Å². The number of carbonyl (C=O) groups excluding carboxylic acids is 4. The minimum Gasteiger partial charge on any atom is -0.457 e. The van der Waals surface area contributed by atoms with Gasteiger partial charge in [-0.25, -0.2) is 0 Å². The van der Waals surface area contributed by atoms with Crippen LogP contribution in [0.4, 0.5) is 0 Å². The molecule has 1 aliphatic heterocycles. The van der Waals surface area contributed by atoms with Gasteiger partial charge in [-0.2, -0.15) is 0 Å². The Morgan fingerprint density at radius 1 is 0.935 bits per heavy atom. The summed E-state index contributed by atoms with van der Waals surface area (Å²) < 4.78 is 6.15. The maximum Gasteiger partial charge on any atom is 0.309 e. The Morgan fingerprint density at radius 3 is 2.10 bits per heavy atom. The summed E-state index contributed by atoms with van der Waals surface area (Å²) in [7, 11) is 0. The minimum atomic E-state index is -0.373. The normalized spacial score (nSPS) is 33.6. The molecule has 0 radical (unpaired) electrons. The number of likely N-dealkylation sites (tertiary alicyclic amines) is 1. The van der Waals surface area contributed by atoms with Gasteiger partial charge in [-0.3, -0.25) is 24.1 Å². The number of benzene rings is 1. The first-order valence-electron chi connectivity index (χ1n) is 10.9. The molecule has 162 valence electrons. The van der Waals surface area contributed by atoms with E-state index in [1.807, 2.05) is 0 Å². The first kappa shape index (κ1) is 20.6. The molecule has 4 aliphatic rings. The van der Waals surface area contributed by atoms with E-state index >= 15 is 0 Å². The molecule has 2 bridgehead atoms. The minimum absolute atomic E-state index is 0.0158. The summed E-state index contributed by atoms with van der Waals surface area (Å²) in [5, 5.41) is 0. The number of Topliss-reactive ketones (excluding diaryl/α,β-unsaturated/α-hetero) is 1. The molecular weight excluding hydrogens is 462 g/mol.